The van der Waals surface area contributed by atoms with Gasteiger partial charge in [-0.05, 0) is 36.8 Å². The van der Waals surface area contributed by atoms with Crippen LogP contribution in [-0.2, 0) is 9.53 Å². The monoisotopic (exact) mass is 357 g/mol. The summed E-state index contributed by atoms with van der Waals surface area (Å²) in [5.41, 5.74) is 1.74. The first-order chi connectivity index (χ1) is 12.5. The molecule has 0 unspecified atom stereocenters. The van der Waals surface area contributed by atoms with Gasteiger partial charge >= 0.3 is 12.1 Å². The van der Waals surface area contributed by atoms with Crippen LogP contribution in [-0.4, -0.2) is 26.0 Å². The number of esters is 1. The van der Waals surface area contributed by atoms with Crippen LogP contribution in [0.5, 0.6) is 17.2 Å². The van der Waals surface area contributed by atoms with E-state index in [9.17, 15) is 9.59 Å². The molecule has 0 spiro atoms. The Kier molecular flexibility index (Phi) is 5.26. The molecule has 2 aromatic carbocycles. The van der Waals surface area contributed by atoms with E-state index in [1.165, 1.54) is 7.11 Å². The molecule has 7 nitrogen and oxygen atoms in total. The van der Waals surface area contributed by atoms with E-state index in [4.69, 9.17) is 18.9 Å². The first kappa shape index (κ1) is 17.6. The van der Waals surface area contributed by atoms with Gasteiger partial charge in [-0.1, -0.05) is 23.8 Å². The predicted molar refractivity (Wildman–Crippen MR) is 92.3 cm³/mol. The van der Waals surface area contributed by atoms with Crippen molar-refractivity contribution in [1.82, 2.24) is 5.32 Å². The summed E-state index contributed by atoms with van der Waals surface area (Å²) in [6.07, 6.45) is -0.709. The zero-order valence-electron chi connectivity index (χ0n) is 14.5. The standard InChI is InChI=1S/C19H19NO6/c1-12-3-6-14(7-4-12)26-19(22)20-15(10-18(21)23-2)13-5-8-16-17(9-13)25-11-24-16/h3-9,15H,10-11H2,1-2H3,(H,20,22)/t15-/m0/s1. The molecule has 0 radical (unpaired) electrons. The van der Waals surface area contributed by atoms with Crippen molar-refractivity contribution in [1.29, 1.82) is 0 Å². The van der Waals surface area contributed by atoms with Crippen LogP contribution < -0.4 is 19.5 Å². The summed E-state index contributed by atoms with van der Waals surface area (Å²) in [6, 6.07) is 11.7. The summed E-state index contributed by atoms with van der Waals surface area (Å²) in [7, 11) is 1.30. The van der Waals surface area contributed by atoms with Crippen LogP contribution in [0.2, 0.25) is 0 Å². The van der Waals surface area contributed by atoms with E-state index in [-0.39, 0.29) is 13.2 Å². The van der Waals surface area contributed by atoms with Gasteiger partial charge in [-0.15, -0.1) is 0 Å². The number of fused-ring (bicyclic) bond motifs is 1. The third kappa shape index (κ3) is 4.24. The fraction of sp³-hybridized carbons (Fsp3) is 0.263. The van der Waals surface area contributed by atoms with E-state index in [2.05, 4.69) is 5.32 Å². The fourth-order valence-corrected chi connectivity index (χ4v) is 2.52. The third-order valence-corrected chi connectivity index (χ3v) is 3.92. The van der Waals surface area contributed by atoms with Crippen molar-refractivity contribution in [3.63, 3.8) is 0 Å². The van der Waals surface area contributed by atoms with Crippen molar-refractivity contribution >= 4 is 12.1 Å². The van der Waals surface area contributed by atoms with E-state index < -0.39 is 18.1 Å². The van der Waals surface area contributed by atoms with E-state index in [0.29, 0.717) is 22.8 Å². The normalized spacial score (nSPS) is 13.0. The van der Waals surface area contributed by atoms with Crippen LogP contribution >= 0.6 is 0 Å². The molecule has 1 amide bonds. The zero-order chi connectivity index (χ0) is 18.5. The molecule has 2 aromatic rings. The molecule has 0 fully saturated rings. The lowest BCUT2D eigenvalue weighted by molar-refractivity contribution is -0.141. The lowest BCUT2D eigenvalue weighted by Crippen LogP contribution is -2.32. The molecular weight excluding hydrogens is 338 g/mol. The van der Waals surface area contributed by atoms with Crippen LogP contribution in [0.1, 0.15) is 23.6 Å². The Morgan fingerprint density at radius 2 is 1.85 bits per heavy atom. The molecule has 1 aliphatic heterocycles. The average Bonchev–Trinajstić information content (AvgIpc) is 3.10. The zero-order valence-corrected chi connectivity index (χ0v) is 14.5. The Balaban J connectivity index is 1.74. The Morgan fingerprint density at radius 1 is 1.12 bits per heavy atom. The van der Waals surface area contributed by atoms with Gasteiger partial charge in [-0.2, -0.15) is 0 Å². The molecule has 0 aliphatic carbocycles. The number of carbonyl (C=O) groups excluding carboxylic acids is 2. The molecule has 0 saturated carbocycles. The van der Waals surface area contributed by atoms with Crippen LogP contribution in [0.4, 0.5) is 4.79 Å². The smallest absolute Gasteiger partial charge is 0.413 e. The average molecular weight is 357 g/mol. The summed E-state index contributed by atoms with van der Waals surface area (Å²) >= 11 is 0. The molecule has 1 atom stereocenters. The van der Waals surface area contributed by atoms with Gasteiger partial charge in [0.25, 0.3) is 0 Å². The molecule has 7 heteroatoms. The number of carbonyl (C=O) groups is 2. The molecule has 136 valence electrons. The first-order valence-electron chi connectivity index (χ1n) is 8.06. The Hall–Kier alpha value is -3.22. The van der Waals surface area contributed by atoms with Gasteiger partial charge in [0, 0.05) is 0 Å². The van der Waals surface area contributed by atoms with Gasteiger partial charge in [0.15, 0.2) is 11.5 Å². The summed E-state index contributed by atoms with van der Waals surface area (Å²) in [5.74, 6) is 1.14. The van der Waals surface area contributed by atoms with Crippen molar-refractivity contribution < 1.29 is 28.5 Å². The number of aryl methyl sites for hydroxylation is 1. The van der Waals surface area contributed by atoms with Crippen LogP contribution in [0.15, 0.2) is 42.5 Å². The Labute approximate surface area is 150 Å². The number of ether oxygens (including phenoxy) is 4. The largest absolute Gasteiger partial charge is 0.469 e. The van der Waals surface area contributed by atoms with Gasteiger partial charge in [-0.3, -0.25) is 4.79 Å². The minimum absolute atomic E-state index is 0.0425. The minimum atomic E-state index is -0.666. The molecule has 3 rings (SSSR count). The van der Waals surface area contributed by atoms with Crippen LogP contribution in [0.3, 0.4) is 0 Å². The predicted octanol–water partition coefficient (Wildman–Crippen LogP) is 3.12. The second-order valence-electron chi connectivity index (χ2n) is 5.79. The number of hydrogen-bond donors (Lipinski definition) is 1. The molecule has 26 heavy (non-hydrogen) atoms. The molecule has 0 bridgehead atoms. The van der Waals surface area contributed by atoms with E-state index in [1.54, 1.807) is 30.3 Å². The van der Waals surface area contributed by atoms with Gasteiger partial charge in [0.1, 0.15) is 5.75 Å². The third-order valence-electron chi connectivity index (χ3n) is 3.92. The SMILES string of the molecule is COC(=O)C[C@H](NC(=O)Oc1ccc(C)cc1)c1ccc2c(c1)OCO2. The molecule has 1 aliphatic rings. The van der Waals surface area contributed by atoms with Crippen LogP contribution in [0, 0.1) is 6.92 Å². The van der Waals surface area contributed by atoms with Crippen molar-refractivity contribution in [2.45, 2.75) is 19.4 Å². The molecular formula is C19H19NO6. The number of nitrogens with one attached hydrogen (secondary N) is 1. The highest BCUT2D eigenvalue weighted by atomic mass is 16.7. The second kappa shape index (κ2) is 7.77. The van der Waals surface area contributed by atoms with Gasteiger partial charge in [0.05, 0.1) is 19.6 Å². The fourth-order valence-electron chi connectivity index (χ4n) is 2.52. The maximum absolute atomic E-state index is 12.2. The quantitative estimate of drug-likeness (QED) is 0.828. The summed E-state index contributed by atoms with van der Waals surface area (Å²) in [4.78, 5) is 24.0. The van der Waals surface area contributed by atoms with Gasteiger partial charge < -0.3 is 24.3 Å². The first-order valence-corrected chi connectivity index (χ1v) is 8.06. The molecule has 0 saturated heterocycles. The highest BCUT2D eigenvalue weighted by molar-refractivity contribution is 5.74. The number of hydrogen-bond acceptors (Lipinski definition) is 6. The molecule has 1 heterocycles. The van der Waals surface area contributed by atoms with Crippen molar-refractivity contribution in [3.05, 3.63) is 53.6 Å². The minimum Gasteiger partial charge on any atom is -0.469 e. The van der Waals surface area contributed by atoms with E-state index in [1.807, 2.05) is 19.1 Å². The Morgan fingerprint density at radius 3 is 2.58 bits per heavy atom. The van der Waals surface area contributed by atoms with Crippen molar-refractivity contribution in [2.24, 2.45) is 0 Å². The second-order valence-corrected chi connectivity index (χ2v) is 5.79. The highest BCUT2D eigenvalue weighted by Crippen LogP contribution is 2.35. The van der Waals surface area contributed by atoms with Crippen molar-refractivity contribution in [3.8, 4) is 17.2 Å². The maximum Gasteiger partial charge on any atom is 0.413 e. The van der Waals surface area contributed by atoms with Crippen LogP contribution in [0.25, 0.3) is 0 Å². The number of rotatable bonds is 5. The van der Waals surface area contributed by atoms with E-state index >= 15 is 0 Å². The maximum atomic E-state index is 12.2. The number of benzene rings is 2. The summed E-state index contributed by atoms with van der Waals surface area (Å²) in [5, 5.41) is 2.69. The van der Waals surface area contributed by atoms with Gasteiger partial charge in [-0.25, -0.2) is 4.79 Å². The highest BCUT2D eigenvalue weighted by Gasteiger charge is 2.23. The topological polar surface area (TPSA) is 83.1 Å². The summed E-state index contributed by atoms with van der Waals surface area (Å²) in [6.45, 7) is 2.08. The lowest BCUT2D eigenvalue weighted by Gasteiger charge is -2.18. The van der Waals surface area contributed by atoms with Crippen molar-refractivity contribution in [2.75, 3.05) is 13.9 Å². The molecule has 0 aromatic heterocycles. The number of amides is 1. The lowest BCUT2D eigenvalue weighted by atomic mass is 10.0. The Bertz CT molecular complexity index is 802. The molecule has 1 N–H and O–H groups in total. The summed E-state index contributed by atoms with van der Waals surface area (Å²) < 4.78 is 20.6. The van der Waals surface area contributed by atoms with Gasteiger partial charge in [0.2, 0.25) is 6.79 Å². The number of methoxy groups -OCH3 is 1. The van der Waals surface area contributed by atoms with E-state index in [0.717, 1.165) is 5.56 Å².